The molecule has 0 spiro atoms. The molecule has 0 aliphatic carbocycles. The van der Waals surface area contributed by atoms with Gasteiger partial charge in [0.25, 0.3) is 5.91 Å². The van der Waals surface area contributed by atoms with Crippen molar-refractivity contribution in [2.45, 2.75) is 50.1 Å². The monoisotopic (exact) mass is 700 g/mol. The van der Waals surface area contributed by atoms with E-state index >= 15 is 0 Å². The first-order valence-corrected chi connectivity index (χ1v) is 18.4. The van der Waals surface area contributed by atoms with Gasteiger partial charge in [-0.15, -0.1) is 0 Å². The van der Waals surface area contributed by atoms with E-state index in [-0.39, 0.29) is 41.7 Å². The number of phenols is 1. The second-order valence-corrected chi connectivity index (χ2v) is 14.2. The minimum Gasteiger partial charge on any atom is -0.508 e. The molecule has 10 heteroatoms. The van der Waals surface area contributed by atoms with Crippen molar-refractivity contribution in [2.75, 3.05) is 50.8 Å². The largest absolute Gasteiger partial charge is 0.508 e. The highest BCUT2D eigenvalue weighted by atomic mass is 16.5. The Kier molecular flexibility index (Phi) is 9.56. The maximum Gasteiger partial charge on any atom is 0.255 e. The molecule has 2 N–H and O–H groups in total. The van der Waals surface area contributed by atoms with Crippen molar-refractivity contribution in [1.82, 2.24) is 15.1 Å². The number of unbranched alkanes of at least 4 members (excludes halogenated alkanes) is 1. The first-order valence-electron chi connectivity index (χ1n) is 18.4. The molecule has 10 nitrogen and oxygen atoms in total. The third-order valence-corrected chi connectivity index (χ3v) is 11.0. The lowest BCUT2D eigenvalue weighted by Gasteiger charge is -2.36. The molecular weight excluding hydrogens is 656 g/mol. The Morgan fingerprint density at radius 1 is 0.846 bits per heavy atom. The average Bonchev–Trinajstić information content (AvgIpc) is 3.49. The van der Waals surface area contributed by atoms with Crippen molar-refractivity contribution in [3.8, 4) is 17.2 Å². The topological polar surface area (TPSA) is 112 Å². The lowest BCUT2D eigenvalue weighted by molar-refractivity contribution is -0.136. The first-order chi connectivity index (χ1) is 25.4. The number of rotatable bonds is 10. The summed E-state index contributed by atoms with van der Waals surface area (Å²) in [5, 5.41) is 12.4. The van der Waals surface area contributed by atoms with Crippen LogP contribution >= 0.6 is 0 Å². The Hall–Kier alpha value is -5.35. The maximum atomic E-state index is 13.1. The number of ether oxygens (including phenoxy) is 2. The molecule has 4 aromatic rings. The molecule has 2 saturated heterocycles. The second kappa shape index (κ2) is 14.7. The van der Waals surface area contributed by atoms with Gasteiger partial charge >= 0.3 is 0 Å². The summed E-state index contributed by atoms with van der Waals surface area (Å²) in [5.41, 5.74) is 6.19. The summed E-state index contributed by atoms with van der Waals surface area (Å²) in [5.74, 6) is 1.27. The number of aromatic hydroxyl groups is 1. The van der Waals surface area contributed by atoms with Crippen LogP contribution in [-0.4, -0.2) is 84.6 Å². The number of nitrogens with one attached hydrogen (secondary N) is 1. The molecule has 8 rings (SSSR count). The van der Waals surface area contributed by atoms with Crippen molar-refractivity contribution in [2.24, 2.45) is 0 Å². The van der Waals surface area contributed by atoms with E-state index in [0.717, 1.165) is 73.9 Å². The molecular formula is C42H44N4O6. The molecule has 4 aromatic carbocycles. The van der Waals surface area contributed by atoms with Crippen LogP contribution in [0.5, 0.6) is 17.2 Å². The molecule has 0 bridgehead atoms. The molecule has 268 valence electrons. The van der Waals surface area contributed by atoms with Crippen molar-refractivity contribution in [3.63, 3.8) is 0 Å². The zero-order chi connectivity index (χ0) is 35.6. The number of hydrogen-bond donors (Lipinski definition) is 2. The SMILES string of the molecule is O=C1CCC(N2Cc3cc(N4CCN(CCCCOc5ccc([C@H]6c7ccc(O)cc7OC[C@H]6c6ccccc6)cc5)CC4)ccc3C2=O)C(=O)N1. The van der Waals surface area contributed by atoms with Crippen LogP contribution in [0.2, 0.25) is 0 Å². The molecule has 0 radical (unpaired) electrons. The van der Waals surface area contributed by atoms with Crippen LogP contribution in [0.4, 0.5) is 5.69 Å². The Labute approximate surface area is 303 Å². The van der Waals surface area contributed by atoms with Gasteiger partial charge in [0.1, 0.15) is 23.3 Å². The number of phenolic OH excluding ortho intramolecular Hbond substituents is 1. The summed E-state index contributed by atoms with van der Waals surface area (Å²) >= 11 is 0. The normalized spacial score (nSPS) is 21.7. The van der Waals surface area contributed by atoms with Crippen LogP contribution in [0.25, 0.3) is 0 Å². The second-order valence-electron chi connectivity index (χ2n) is 14.2. The van der Waals surface area contributed by atoms with Gasteiger partial charge in [-0.2, -0.15) is 0 Å². The number of nitrogens with zero attached hydrogens (tertiary/aromatic N) is 3. The van der Waals surface area contributed by atoms with E-state index in [4.69, 9.17) is 9.47 Å². The zero-order valence-corrected chi connectivity index (χ0v) is 29.2. The molecule has 0 saturated carbocycles. The summed E-state index contributed by atoms with van der Waals surface area (Å²) < 4.78 is 12.3. The van der Waals surface area contributed by atoms with Gasteiger partial charge in [-0.05, 0) is 78.9 Å². The lowest BCUT2D eigenvalue weighted by atomic mass is 9.76. The quantitative estimate of drug-likeness (QED) is 0.166. The number of anilines is 1. The van der Waals surface area contributed by atoms with Crippen LogP contribution < -0.4 is 19.7 Å². The molecule has 1 unspecified atom stereocenters. The fraction of sp³-hybridized carbons (Fsp3) is 0.357. The fourth-order valence-corrected chi connectivity index (χ4v) is 8.18. The molecule has 3 atom stereocenters. The minimum absolute atomic E-state index is 0.100. The van der Waals surface area contributed by atoms with Crippen LogP contribution in [0.15, 0.2) is 91.0 Å². The van der Waals surface area contributed by atoms with Gasteiger partial charge in [-0.1, -0.05) is 48.5 Å². The predicted molar refractivity (Wildman–Crippen MR) is 197 cm³/mol. The van der Waals surface area contributed by atoms with Crippen molar-refractivity contribution in [1.29, 1.82) is 0 Å². The Morgan fingerprint density at radius 3 is 2.44 bits per heavy atom. The smallest absolute Gasteiger partial charge is 0.255 e. The van der Waals surface area contributed by atoms with Crippen LogP contribution in [0, 0.1) is 0 Å². The van der Waals surface area contributed by atoms with Gasteiger partial charge < -0.3 is 24.4 Å². The number of carbonyl (C=O) groups excluding carboxylic acids is 3. The molecule has 4 aliphatic rings. The summed E-state index contributed by atoms with van der Waals surface area (Å²) in [7, 11) is 0. The Balaban J connectivity index is 0.797. The van der Waals surface area contributed by atoms with E-state index in [9.17, 15) is 19.5 Å². The van der Waals surface area contributed by atoms with Crippen molar-refractivity contribution < 1.29 is 29.0 Å². The van der Waals surface area contributed by atoms with Gasteiger partial charge in [-0.3, -0.25) is 24.6 Å². The summed E-state index contributed by atoms with van der Waals surface area (Å²) in [6.07, 6.45) is 2.65. The number of piperazine rings is 1. The highest BCUT2D eigenvalue weighted by Crippen LogP contribution is 2.47. The molecule has 2 fully saturated rings. The number of piperidine rings is 1. The Bertz CT molecular complexity index is 1940. The minimum atomic E-state index is -0.595. The molecule has 4 aliphatic heterocycles. The van der Waals surface area contributed by atoms with Gasteiger partial charge in [0.15, 0.2) is 0 Å². The number of imide groups is 1. The van der Waals surface area contributed by atoms with E-state index in [2.05, 4.69) is 69.7 Å². The third-order valence-electron chi connectivity index (χ3n) is 11.0. The predicted octanol–water partition coefficient (Wildman–Crippen LogP) is 5.44. The number of benzene rings is 4. The maximum absolute atomic E-state index is 13.1. The van der Waals surface area contributed by atoms with Gasteiger partial charge in [0.05, 0.1) is 13.2 Å². The average molecular weight is 701 g/mol. The van der Waals surface area contributed by atoms with Crippen molar-refractivity contribution >= 4 is 23.4 Å². The number of carbonyl (C=O) groups is 3. The molecule has 4 heterocycles. The zero-order valence-electron chi connectivity index (χ0n) is 29.2. The number of amides is 3. The van der Waals surface area contributed by atoms with Crippen LogP contribution in [0.1, 0.15) is 70.1 Å². The summed E-state index contributed by atoms with van der Waals surface area (Å²) in [6.45, 7) is 6.39. The third kappa shape index (κ3) is 6.95. The summed E-state index contributed by atoms with van der Waals surface area (Å²) in [6, 6.07) is 29.7. The summed E-state index contributed by atoms with van der Waals surface area (Å²) in [4.78, 5) is 43.5. The number of fused-ring (bicyclic) bond motifs is 2. The Morgan fingerprint density at radius 2 is 1.65 bits per heavy atom. The van der Waals surface area contributed by atoms with Crippen molar-refractivity contribution in [3.05, 3.63) is 119 Å². The van der Waals surface area contributed by atoms with Gasteiger partial charge in [0, 0.05) is 73.9 Å². The van der Waals surface area contributed by atoms with Crippen LogP contribution in [0.3, 0.4) is 0 Å². The van der Waals surface area contributed by atoms with E-state index in [1.807, 2.05) is 24.3 Å². The highest BCUT2D eigenvalue weighted by molar-refractivity contribution is 6.05. The molecule has 3 amide bonds. The lowest BCUT2D eigenvalue weighted by Crippen LogP contribution is -2.52. The fourth-order valence-electron chi connectivity index (χ4n) is 8.18. The molecule has 52 heavy (non-hydrogen) atoms. The van der Waals surface area contributed by atoms with Crippen LogP contribution in [-0.2, 0) is 16.1 Å². The first kappa shape index (κ1) is 33.8. The standard InChI is InChI=1S/C42H44N4O6/c47-32-11-15-35-38(25-32)52-27-36(28-6-2-1-3-7-28)40(35)29-8-12-33(13-9-29)51-23-5-4-18-44-19-21-45(22-20-44)31-10-14-34-30(24-31)26-46(42(34)50)37-16-17-39(48)43-41(37)49/h1-3,6-15,24-25,36-37,40,47H,4-5,16-23,26-27H2,(H,43,48,49)/t36-,37?,40-/m0/s1. The van der Waals surface area contributed by atoms with Gasteiger partial charge in [0.2, 0.25) is 11.8 Å². The van der Waals surface area contributed by atoms with E-state index < -0.39 is 6.04 Å². The molecule has 0 aromatic heterocycles. The van der Waals surface area contributed by atoms with Gasteiger partial charge in [-0.25, -0.2) is 0 Å². The highest BCUT2D eigenvalue weighted by Gasteiger charge is 2.39. The number of hydrogen-bond acceptors (Lipinski definition) is 8. The van der Waals surface area contributed by atoms with E-state index in [1.54, 1.807) is 17.0 Å². The van der Waals surface area contributed by atoms with E-state index in [0.29, 0.717) is 31.7 Å². The van der Waals surface area contributed by atoms with E-state index in [1.165, 1.54) is 11.1 Å².